The topological polar surface area (TPSA) is 95.8 Å². The number of likely N-dealkylation sites (tertiary alicyclic amines) is 1. The zero-order chi connectivity index (χ0) is 27.7. The summed E-state index contributed by atoms with van der Waals surface area (Å²) in [6.07, 6.45) is 7.05. The minimum Gasteiger partial charge on any atom is -0.369 e. The first-order chi connectivity index (χ1) is 19.4. The summed E-state index contributed by atoms with van der Waals surface area (Å²) in [5, 5.41) is 15.7. The third-order valence-corrected chi connectivity index (χ3v) is 10.7. The van der Waals surface area contributed by atoms with Crippen LogP contribution in [0.3, 0.4) is 0 Å². The van der Waals surface area contributed by atoms with Crippen LogP contribution in [0.15, 0.2) is 71.6 Å². The number of nitrogens with one attached hydrogen (secondary N) is 1. The Morgan fingerprint density at radius 1 is 0.800 bits per heavy atom. The number of piperidine rings is 2. The van der Waals surface area contributed by atoms with Crippen molar-refractivity contribution >= 4 is 21.4 Å². The van der Waals surface area contributed by atoms with Crippen LogP contribution in [0.2, 0.25) is 0 Å². The number of nitrogens with zero attached hydrogens (tertiary/aromatic N) is 3. The zero-order valence-electron chi connectivity index (χ0n) is 22.7. The minimum atomic E-state index is -3.84. The Labute approximate surface area is 236 Å². The summed E-state index contributed by atoms with van der Waals surface area (Å²) in [6.45, 7) is 3.06. The Balaban J connectivity index is 1.27. The fourth-order valence-electron chi connectivity index (χ4n) is 6.66. The highest BCUT2D eigenvalue weighted by molar-refractivity contribution is 7.89. The van der Waals surface area contributed by atoms with E-state index in [2.05, 4.69) is 34.5 Å². The summed E-state index contributed by atoms with van der Waals surface area (Å²) >= 11 is 0. The van der Waals surface area contributed by atoms with Gasteiger partial charge in [-0.05, 0) is 86.0 Å². The van der Waals surface area contributed by atoms with Crippen molar-refractivity contribution in [1.29, 1.82) is 0 Å². The first kappa shape index (κ1) is 26.9. The smallest absolute Gasteiger partial charge is 0.293 e. The second-order valence-electron chi connectivity index (χ2n) is 11.1. The summed E-state index contributed by atoms with van der Waals surface area (Å²) in [6, 6.07) is 20.8. The van der Waals surface area contributed by atoms with Crippen LogP contribution in [0.4, 0.5) is 11.4 Å². The molecule has 0 spiro atoms. The quantitative estimate of drug-likeness (QED) is 0.314. The Hall–Kier alpha value is -3.27. The molecule has 3 aliphatic rings. The number of nitro groups is 1. The van der Waals surface area contributed by atoms with Crippen molar-refractivity contribution in [2.45, 2.75) is 61.9 Å². The maximum atomic E-state index is 13.6. The van der Waals surface area contributed by atoms with Crippen LogP contribution in [-0.2, 0) is 22.9 Å². The van der Waals surface area contributed by atoms with Crippen molar-refractivity contribution in [3.05, 3.63) is 99.1 Å². The van der Waals surface area contributed by atoms with Gasteiger partial charge >= 0.3 is 0 Å². The molecule has 0 atom stereocenters. The average molecular weight is 561 g/mol. The van der Waals surface area contributed by atoms with Gasteiger partial charge in [-0.2, -0.15) is 4.31 Å². The van der Waals surface area contributed by atoms with Crippen LogP contribution in [0, 0.1) is 10.1 Å². The lowest BCUT2D eigenvalue weighted by Gasteiger charge is -2.39. The average Bonchev–Trinajstić information content (AvgIpc) is 3.15. The molecule has 2 saturated heterocycles. The molecular weight excluding hydrogens is 524 g/mol. The molecule has 0 radical (unpaired) electrons. The third kappa shape index (κ3) is 5.25. The van der Waals surface area contributed by atoms with E-state index in [4.69, 9.17) is 0 Å². The van der Waals surface area contributed by atoms with Crippen molar-refractivity contribution in [3.63, 3.8) is 0 Å². The third-order valence-electron chi connectivity index (χ3n) is 8.83. The van der Waals surface area contributed by atoms with Crippen molar-refractivity contribution in [2.24, 2.45) is 0 Å². The van der Waals surface area contributed by atoms with Gasteiger partial charge in [0.1, 0.15) is 5.69 Å². The van der Waals surface area contributed by atoms with Crippen molar-refractivity contribution in [1.82, 2.24) is 9.21 Å². The molecule has 3 aromatic rings. The Bertz CT molecular complexity index is 1450. The summed E-state index contributed by atoms with van der Waals surface area (Å²) in [7, 11) is -3.84. The van der Waals surface area contributed by atoms with Gasteiger partial charge in [-0.1, -0.05) is 55.0 Å². The summed E-state index contributed by atoms with van der Waals surface area (Å²) < 4.78 is 28.7. The Morgan fingerprint density at radius 2 is 1.40 bits per heavy atom. The van der Waals surface area contributed by atoms with E-state index in [1.807, 2.05) is 24.3 Å². The van der Waals surface area contributed by atoms with Crippen LogP contribution in [0.1, 0.15) is 60.4 Å². The molecule has 0 saturated carbocycles. The van der Waals surface area contributed by atoms with Gasteiger partial charge in [0.2, 0.25) is 10.0 Å². The minimum absolute atomic E-state index is 0.0251. The summed E-state index contributed by atoms with van der Waals surface area (Å²) in [4.78, 5) is 14.2. The molecule has 2 heterocycles. The monoisotopic (exact) mass is 560 g/mol. The summed E-state index contributed by atoms with van der Waals surface area (Å²) in [5.41, 5.74) is 4.63. The predicted molar refractivity (Wildman–Crippen MR) is 156 cm³/mol. The van der Waals surface area contributed by atoms with Crippen LogP contribution in [0.25, 0.3) is 0 Å². The van der Waals surface area contributed by atoms with Crippen LogP contribution in [-0.4, -0.2) is 54.8 Å². The van der Waals surface area contributed by atoms with Gasteiger partial charge in [-0.25, -0.2) is 8.42 Å². The number of aryl methyl sites for hydroxylation is 2. The number of hydrogen-bond donors (Lipinski definition) is 1. The van der Waals surface area contributed by atoms with Crippen LogP contribution < -0.4 is 5.32 Å². The predicted octanol–water partition coefficient (Wildman–Crippen LogP) is 5.53. The molecular formula is C31H36N4O4S. The highest BCUT2D eigenvalue weighted by atomic mass is 32.2. The fraction of sp³-hybridized carbons (Fsp3) is 0.419. The van der Waals surface area contributed by atoms with E-state index in [1.54, 1.807) is 6.07 Å². The zero-order valence-corrected chi connectivity index (χ0v) is 23.5. The van der Waals surface area contributed by atoms with Gasteiger partial charge in [0.15, 0.2) is 0 Å². The van der Waals surface area contributed by atoms with Gasteiger partial charge in [-0.15, -0.1) is 0 Å². The van der Waals surface area contributed by atoms with Crippen molar-refractivity contribution < 1.29 is 13.3 Å². The normalized spacial score (nSPS) is 19.4. The van der Waals surface area contributed by atoms with Crippen molar-refractivity contribution in [2.75, 3.05) is 31.5 Å². The number of fused-ring (bicyclic) bond motifs is 2. The molecule has 0 amide bonds. The second kappa shape index (κ2) is 11.3. The molecule has 210 valence electrons. The van der Waals surface area contributed by atoms with E-state index in [0.717, 1.165) is 49.9 Å². The van der Waals surface area contributed by atoms with E-state index in [-0.39, 0.29) is 16.6 Å². The van der Waals surface area contributed by atoms with E-state index >= 15 is 0 Å². The maximum absolute atomic E-state index is 13.6. The van der Waals surface area contributed by atoms with Gasteiger partial charge in [0.05, 0.1) is 15.9 Å². The molecule has 6 rings (SSSR count). The van der Waals surface area contributed by atoms with Crippen LogP contribution >= 0.6 is 0 Å². The lowest BCUT2D eigenvalue weighted by atomic mass is 9.94. The molecule has 9 heteroatoms. The summed E-state index contributed by atoms with van der Waals surface area (Å²) in [5.74, 6) is 0. The van der Waals surface area contributed by atoms with E-state index in [0.29, 0.717) is 24.8 Å². The largest absolute Gasteiger partial charge is 0.369 e. The Kier molecular flexibility index (Phi) is 7.61. The molecule has 2 fully saturated rings. The van der Waals surface area contributed by atoms with Gasteiger partial charge < -0.3 is 10.2 Å². The lowest BCUT2D eigenvalue weighted by Crippen LogP contribution is -2.48. The molecule has 0 aromatic heterocycles. The number of sulfonamides is 1. The van der Waals surface area contributed by atoms with Gasteiger partial charge in [0, 0.05) is 25.2 Å². The highest BCUT2D eigenvalue weighted by Gasteiger charge is 2.34. The van der Waals surface area contributed by atoms with Crippen LogP contribution in [0.5, 0.6) is 0 Å². The maximum Gasteiger partial charge on any atom is 0.293 e. The second-order valence-corrected chi connectivity index (χ2v) is 13.1. The molecule has 0 bridgehead atoms. The molecule has 2 aliphatic heterocycles. The molecule has 8 nitrogen and oxygen atoms in total. The lowest BCUT2D eigenvalue weighted by molar-refractivity contribution is -0.384. The number of nitro benzene ring substituents is 1. The van der Waals surface area contributed by atoms with Gasteiger partial charge in [0.25, 0.3) is 5.69 Å². The number of anilines is 1. The fourth-order valence-corrected chi connectivity index (χ4v) is 8.15. The van der Waals surface area contributed by atoms with E-state index < -0.39 is 14.9 Å². The van der Waals surface area contributed by atoms with E-state index in [1.165, 1.54) is 46.8 Å². The molecule has 3 aromatic carbocycles. The number of rotatable bonds is 6. The van der Waals surface area contributed by atoms with E-state index in [9.17, 15) is 18.5 Å². The molecule has 1 N–H and O–H groups in total. The number of hydrogen-bond acceptors (Lipinski definition) is 6. The molecule has 1 aliphatic carbocycles. The molecule has 0 unspecified atom stereocenters. The first-order valence-electron chi connectivity index (χ1n) is 14.4. The SMILES string of the molecule is O=[N+]([O-])c1cc(S(=O)(=O)N2CCC(N3CCCCC3)CC2)ccc1NC1c2ccccc2CCc2ccccc21. The standard InChI is InChI=1S/C31H36N4O4S/c36-35(37)30-22-26(40(38,39)34-20-16-25(17-21-34)33-18-6-1-7-19-33)14-15-29(30)32-31-27-10-4-2-8-23(27)12-13-24-9-3-5-11-28(24)31/h2-5,8-11,14-15,22,25,31-32H,1,6-7,12-13,16-21H2. The Morgan fingerprint density at radius 3 is 2.00 bits per heavy atom. The van der Waals surface area contributed by atoms with Gasteiger partial charge in [-0.3, -0.25) is 10.1 Å². The van der Waals surface area contributed by atoms with Crippen molar-refractivity contribution in [3.8, 4) is 0 Å². The molecule has 40 heavy (non-hydrogen) atoms. The first-order valence-corrected chi connectivity index (χ1v) is 15.8. The number of benzene rings is 3. The highest BCUT2D eigenvalue weighted by Crippen LogP contribution is 2.38.